The molecule has 1 heterocycles. The fourth-order valence-corrected chi connectivity index (χ4v) is 2.22. The van der Waals surface area contributed by atoms with Crippen LogP contribution >= 0.6 is 24.0 Å². The molecule has 0 amide bonds. The number of ether oxygens (including phenoxy) is 1. The Balaban J connectivity index is 0.00000364. The lowest BCUT2D eigenvalue weighted by molar-refractivity contribution is 0.223. The van der Waals surface area contributed by atoms with Gasteiger partial charge in [0, 0.05) is 12.5 Å². The smallest absolute Gasteiger partial charge is 0.232 e. The van der Waals surface area contributed by atoms with Gasteiger partial charge in [0.05, 0.1) is 13.1 Å². The van der Waals surface area contributed by atoms with Crippen LogP contribution in [0, 0.1) is 6.92 Å². The Kier molecular flexibility index (Phi) is 9.01. The summed E-state index contributed by atoms with van der Waals surface area (Å²) in [6, 6.07) is 8.01. The summed E-state index contributed by atoms with van der Waals surface area (Å²) in [4.78, 5) is 8.60. The molecule has 0 aliphatic heterocycles. The van der Waals surface area contributed by atoms with Crippen LogP contribution in [0.5, 0.6) is 5.75 Å². The van der Waals surface area contributed by atoms with Gasteiger partial charge >= 0.3 is 0 Å². The lowest BCUT2D eigenvalue weighted by Crippen LogP contribution is -2.41. The second-order valence-corrected chi connectivity index (χ2v) is 7.32. The van der Waals surface area contributed by atoms with Crippen LogP contribution in [0.15, 0.2) is 33.8 Å². The van der Waals surface area contributed by atoms with Crippen LogP contribution in [0.1, 0.15) is 45.0 Å². The molecule has 8 heteroatoms. The summed E-state index contributed by atoms with van der Waals surface area (Å²) < 4.78 is 11.2. The molecule has 0 fully saturated rings. The van der Waals surface area contributed by atoms with Crippen LogP contribution in [0.3, 0.4) is 0 Å². The van der Waals surface area contributed by atoms with Gasteiger partial charge in [-0.25, -0.2) is 0 Å². The van der Waals surface area contributed by atoms with E-state index in [9.17, 15) is 0 Å². The van der Waals surface area contributed by atoms with Crippen molar-refractivity contribution in [1.82, 2.24) is 20.8 Å². The molecule has 0 aliphatic rings. The van der Waals surface area contributed by atoms with E-state index in [1.165, 1.54) is 5.56 Å². The number of nitrogens with zero attached hydrogens (tertiary/aromatic N) is 3. The third-order valence-corrected chi connectivity index (χ3v) is 3.63. The second-order valence-electron chi connectivity index (χ2n) is 7.32. The molecule has 0 bridgehead atoms. The highest BCUT2D eigenvalue weighted by Gasteiger charge is 2.21. The van der Waals surface area contributed by atoms with E-state index < -0.39 is 0 Å². The van der Waals surface area contributed by atoms with Crippen LogP contribution in [-0.4, -0.2) is 35.8 Å². The Morgan fingerprint density at radius 3 is 2.63 bits per heavy atom. The maximum Gasteiger partial charge on any atom is 0.232 e. The van der Waals surface area contributed by atoms with Crippen molar-refractivity contribution in [2.75, 3.05) is 13.6 Å². The molecule has 1 aromatic heterocycles. The van der Waals surface area contributed by atoms with Crippen molar-refractivity contribution < 1.29 is 9.26 Å². The first-order valence-corrected chi connectivity index (χ1v) is 8.79. The molecule has 0 aliphatic carbocycles. The van der Waals surface area contributed by atoms with Gasteiger partial charge in [-0.05, 0) is 31.5 Å². The molecule has 2 aromatic rings. The number of aliphatic imine (C=N–C) groups is 1. The third-order valence-electron chi connectivity index (χ3n) is 3.63. The van der Waals surface area contributed by atoms with Crippen LogP contribution in [0.2, 0.25) is 0 Å². The van der Waals surface area contributed by atoms with Crippen LogP contribution < -0.4 is 15.4 Å². The second kappa shape index (κ2) is 10.5. The first kappa shape index (κ1) is 23.2. The largest absolute Gasteiger partial charge is 0.489 e. The van der Waals surface area contributed by atoms with E-state index in [2.05, 4.69) is 25.8 Å². The summed E-state index contributed by atoms with van der Waals surface area (Å²) >= 11 is 0. The molecule has 0 saturated heterocycles. The van der Waals surface area contributed by atoms with Crippen molar-refractivity contribution in [2.24, 2.45) is 4.99 Å². The standard InChI is InChI=1S/C19H29N5O2.HI/c1-13-8-7-9-15(10-13)25-14(2)11-21-18(20-6)22-12-16-23-17(26-24-16)19(3,4)5;/h7-10,14H,11-12H2,1-6H3,(H2,20,21,22);1H. The summed E-state index contributed by atoms with van der Waals surface area (Å²) in [5.74, 6) is 2.75. The van der Waals surface area contributed by atoms with Crippen LogP contribution in [0.25, 0.3) is 0 Å². The van der Waals surface area contributed by atoms with E-state index in [0.29, 0.717) is 30.8 Å². The number of hydrogen-bond donors (Lipinski definition) is 2. The molecule has 0 spiro atoms. The quantitative estimate of drug-likeness (QED) is 0.369. The molecular weight excluding hydrogens is 457 g/mol. The highest BCUT2D eigenvalue weighted by Crippen LogP contribution is 2.19. The predicted molar refractivity (Wildman–Crippen MR) is 118 cm³/mol. The molecule has 7 nitrogen and oxygen atoms in total. The predicted octanol–water partition coefficient (Wildman–Crippen LogP) is 3.43. The van der Waals surface area contributed by atoms with Gasteiger partial charge in [0.2, 0.25) is 5.89 Å². The summed E-state index contributed by atoms with van der Waals surface area (Å²) in [5, 5.41) is 10.4. The first-order chi connectivity index (χ1) is 12.3. The Hall–Kier alpha value is -1.84. The van der Waals surface area contributed by atoms with Crippen molar-refractivity contribution in [2.45, 2.75) is 52.7 Å². The zero-order chi connectivity index (χ0) is 19.2. The number of halogens is 1. The van der Waals surface area contributed by atoms with Gasteiger partial charge < -0.3 is 19.9 Å². The van der Waals surface area contributed by atoms with Crippen molar-refractivity contribution in [1.29, 1.82) is 0 Å². The van der Waals surface area contributed by atoms with Crippen molar-refractivity contribution >= 4 is 29.9 Å². The minimum Gasteiger partial charge on any atom is -0.489 e. The molecular formula is C19H30IN5O2. The zero-order valence-electron chi connectivity index (χ0n) is 16.9. The maximum atomic E-state index is 5.91. The van der Waals surface area contributed by atoms with E-state index in [1.807, 2.05) is 58.9 Å². The van der Waals surface area contributed by atoms with E-state index in [0.717, 1.165) is 5.75 Å². The van der Waals surface area contributed by atoms with Gasteiger partial charge in [0.1, 0.15) is 11.9 Å². The molecule has 2 N–H and O–H groups in total. The van der Waals surface area contributed by atoms with Crippen molar-refractivity contribution in [3.8, 4) is 5.75 Å². The van der Waals surface area contributed by atoms with E-state index >= 15 is 0 Å². The summed E-state index contributed by atoms with van der Waals surface area (Å²) in [7, 11) is 1.72. The molecule has 1 aromatic carbocycles. The fraction of sp³-hybridized carbons (Fsp3) is 0.526. The zero-order valence-corrected chi connectivity index (χ0v) is 19.2. The average molecular weight is 487 g/mol. The first-order valence-electron chi connectivity index (χ1n) is 8.79. The minimum atomic E-state index is -0.159. The van der Waals surface area contributed by atoms with Crippen LogP contribution in [-0.2, 0) is 12.0 Å². The normalized spacial score (nSPS) is 12.9. The molecule has 0 saturated carbocycles. The van der Waals surface area contributed by atoms with Gasteiger partial charge in [0.15, 0.2) is 11.8 Å². The van der Waals surface area contributed by atoms with Crippen molar-refractivity contribution in [3.05, 3.63) is 41.5 Å². The van der Waals surface area contributed by atoms with Gasteiger partial charge in [0.25, 0.3) is 0 Å². The van der Waals surface area contributed by atoms with E-state index in [4.69, 9.17) is 9.26 Å². The minimum absolute atomic E-state index is 0. The topological polar surface area (TPSA) is 84.6 Å². The number of aromatic nitrogens is 2. The highest BCUT2D eigenvalue weighted by atomic mass is 127. The molecule has 150 valence electrons. The van der Waals surface area contributed by atoms with Crippen LogP contribution in [0.4, 0.5) is 0 Å². The van der Waals surface area contributed by atoms with Gasteiger partial charge in [-0.1, -0.05) is 38.1 Å². The summed E-state index contributed by atoms with van der Waals surface area (Å²) in [6.07, 6.45) is -0.00646. The summed E-state index contributed by atoms with van der Waals surface area (Å²) in [5.41, 5.74) is 1.02. The van der Waals surface area contributed by atoms with E-state index in [1.54, 1.807) is 7.05 Å². The van der Waals surface area contributed by atoms with Gasteiger partial charge in [-0.3, -0.25) is 4.99 Å². The molecule has 0 radical (unpaired) electrons. The maximum absolute atomic E-state index is 5.91. The monoisotopic (exact) mass is 487 g/mol. The molecule has 2 rings (SSSR count). The Bertz CT molecular complexity index is 740. The lowest BCUT2D eigenvalue weighted by atomic mass is 9.97. The number of hydrogen-bond acceptors (Lipinski definition) is 5. The van der Waals surface area contributed by atoms with Crippen molar-refractivity contribution in [3.63, 3.8) is 0 Å². The highest BCUT2D eigenvalue weighted by molar-refractivity contribution is 14.0. The number of benzene rings is 1. The van der Waals surface area contributed by atoms with Gasteiger partial charge in [-0.15, -0.1) is 24.0 Å². The Morgan fingerprint density at radius 1 is 1.30 bits per heavy atom. The molecule has 1 unspecified atom stereocenters. The Labute approximate surface area is 178 Å². The number of rotatable bonds is 6. The number of guanidine groups is 1. The fourth-order valence-electron chi connectivity index (χ4n) is 2.22. The summed E-state index contributed by atoms with van der Waals surface area (Å²) in [6.45, 7) is 11.2. The Morgan fingerprint density at radius 2 is 2.04 bits per heavy atom. The molecule has 27 heavy (non-hydrogen) atoms. The molecule has 1 atom stereocenters. The lowest BCUT2D eigenvalue weighted by Gasteiger charge is -2.17. The average Bonchev–Trinajstić information content (AvgIpc) is 3.04. The SMILES string of the molecule is CN=C(NCc1noc(C(C)(C)C)n1)NCC(C)Oc1cccc(C)c1.I. The van der Waals surface area contributed by atoms with Gasteiger partial charge in [-0.2, -0.15) is 4.98 Å². The number of aryl methyl sites for hydroxylation is 1. The number of nitrogens with one attached hydrogen (secondary N) is 2. The van der Waals surface area contributed by atoms with E-state index in [-0.39, 0.29) is 35.5 Å². The third kappa shape index (κ3) is 7.74.